The average molecular weight is 383 g/mol. The van der Waals surface area contributed by atoms with Gasteiger partial charge in [0.2, 0.25) is 0 Å². The summed E-state index contributed by atoms with van der Waals surface area (Å²) in [6.45, 7) is 5.82. The maximum atomic E-state index is 12.4. The van der Waals surface area contributed by atoms with Crippen LogP contribution in [0.25, 0.3) is 0 Å². The molecular formula is C17H25BrN3O2+. The largest absolute Gasteiger partial charge is 0.338 e. The van der Waals surface area contributed by atoms with Gasteiger partial charge in [-0.1, -0.05) is 15.9 Å². The Balaban J connectivity index is 1.89. The molecule has 1 aromatic carbocycles. The molecule has 0 saturated carbocycles. The van der Waals surface area contributed by atoms with Crippen LogP contribution in [0.15, 0.2) is 22.7 Å². The van der Waals surface area contributed by atoms with Gasteiger partial charge in [-0.15, -0.1) is 0 Å². The molecule has 126 valence electrons. The molecule has 2 rings (SSSR count). The van der Waals surface area contributed by atoms with Crippen molar-refractivity contribution < 1.29 is 14.5 Å². The van der Waals surface area contributed by atoms with E-state index in [-0.39, 0.29) is 24.4 Å². The topological polar surface area (TPSA) is 53.9 Å². The fourth-order valence-corrected chi connectivity index (χ4v) is 3.27. The summed E-state index contributed by atoms with van der Waals surface area (Å²) >= 11 is 3.41. The standard InChI is InChI=1S/C17H24BrN3O2/c1-12-10-14(18)6-7-15(12)19-16(22)11-20(3)13(2)17(23)21-8-4-5-9-21/h6-7,10,13H,4-5,8-9,11H2,1-3H3,(H,19,22)/p+1/t13-/m0/s1. The first-order chi connectivity index (χ1) is 10.9. The Bertz CT molecular complexity index is 585. The third-order valence-electron chi connectivity index (χ3n) is 4.43. The second-order valence-electron chi connectivity index (χ2n) is 6.28. The van der Waals surface area contributed by atoms with Gasteiger partial charge in [-0.3, -0.25) is 9.59 Å². The molecule has 1 fully saturated rings. The number of benzene rings is 1. The predicted octanol–water partition coefficient (Wildman–Crippen LogP) is 1.22. The smallest absolute Gasteiger partial charge is 0.280 e. The minimum atomic E-state index is -0.204. The lowest BCUT2D eigenvalue weighted by atomic mass is 10.2. The first kappa shape index (κ1) is 17.9. The number of nitrogens with zero attached hydrogens (tertiary/aromatic N) is 1. The van der Waals surface area contributed by atoms with Gasteiger partial charge in [0.25, 0.3) is 11.8 Å². The predicted molar refractivity (Wildman–Crippen MR) is 94.5 cm³/mol. The molecule has 1 saturated heterocycles. The fraction of sp³-hybridized carbons (Fsp3) is 0.529. The van der Waals surface area contributed by atoms with Gasteiger partial charge < -0.3 is 15.1 Å². The number of quaternary nitrogens is 1. The molecule has 0 aliphatic carbocycles. The molecule has 0 aromatic heterocycles. The van der Waals surface area contributed by atoms with Crippen molar-refractivity contribution in [1.82, 2.24) is 4.90 Å². The number of hydrogen-bond donors (Lipinski definition) is 2. The van der Waals surface area contributed by atoms with E-state index in [1.54, 1.807) is 0 Å². The lowest BCUT2D eigenvalue weighted by molar-refractivity contribution is -0.886. The molecule has 0 bridgehead atoms. The Morgan fingerprint density at radius 3 is 2.61 bits per heavy atom. The average Bonchev–Trinajstić information content (AvgIpc) is 3.02. The van der Waals surface area contributed by atoms with Crippen molar-refractivity contribution in [1.29, 1.82) is 0 Å². The van der Waals surface area contributed by atoms with Crippen LogP contribution in [0.3, 0.4) is 0 Å². The Hall–Kier alpha value is -1.40. The quantitative estimate of drug-likeness (QED) is 0.804. The number of amides is 2. The van der Waals surface area contributed by atoms with E-state index in [9.17, 15) is 9.59 Å². The SMILES string of the molecule is Cc1cc(Br)ccc1NC(=O)C[NH+](C)[C@@H](C)C(=O)N1CCCC1. The first-order valence-corrected chi connectivity index (χ1v) is 8.85. The van der Waals surface area contributed by atoms with E-state index in [1.165, 1.54) is 0 Å². The zero-order chi connectivity index (χ0) is 17.0. The summed E-state index contributed by atoms with van der Waals surface area (Å²) in [4.78, 5) is 27.4. The van der Waals surface area contributed by atoms with Crippen LogP contribution in [0.5, 0.6) is 0 Å². The highest BCUT2D eigenvalue weighted by molar-refractivity contribution is 9.10. The summed E-state index contributed by atoms with van der Waals surface area (Å²) in [5.41, 5.74) is 1.82. The van der Waals surface area contributed by atoms with Gasteiger partial charge >= 0.3 is 0 Å². The Morgan fingerprint density at radius 2 is 2.00 bits per heavy atom. The third-order valence-corrected chi connectivity index (χ3v) is 4.92. The van der Waals surface area contributed by atoms with Gasteiger partial charge in [0.05, 0.1) is 7.05 Å². The number of rotatable bonds is 5. The van der Waals surface area contributed by atoms with Gasteiger partial charge in [-0.25, -0.2) is 0 Å². The molecule has 1 aliphatic rings. The van der Waals surface area contributed by atoms with Gasteiger partial charge in [0, 0.05) is 23.2 Å². The van der Waals surface area contributed by atoms with Crippen molar-refractivity contribution in [3.63, 3.8) is 0 Å². The zero-order valence-corrected chi connectivity index (χ0v) is 15.6. The van der Waals surface area contributed by atoms with Crippen LogP contribution >= 0.6 is 15.9 Å². The summed E-state index contributed by atoms with van der Waals surface area (Å²) in [6.07, 6.45) is 2.17. The Morgan fingerprint density at radius 1 is 1.35 bits per heavy atom. The number of carbonyl (C=O) groups is 2. The second kappa shape index (κ2) is 7.93. The number of hydrogen-bond acceptors (Lipinski definition) is 2. The summed E-state index contributed by atoms with van der Waals surface area (Å²) in [5.74, 6) is 0.0709. The fourth-order valence-electron chi connectivity index (χ4n) is 2.79. The van der Waals surface area contributed by atoms with Gasteiger partial charge in [-0.2, -0.15) is 0 Å². The minimum absolute atomic E-state index is 0.0750. The van der Waals surface area contributed by atoms with Crippen molar-refractivity contribution >= 4 is 33.4 Å². The van der Waals surface area contributed by atoms with Crippen molar-refractivity contribution in [3.05, 3.63) is 28.2 Å². The maximum absolute atomic E-state index is 12.4. The maximum Gasteiger partial charge on any atom is 0.280 e. The van der Waals surface area contributed by atoms with E-state index in [0.717, 1.165) is 46.6 Å². The normalized spacial score (nSPS) is 17.0. The highest BCUT2D eigenvalue weighted by Gasteiger charge is 2.29. The molecule has 1 heterocycles. The molecule has 0 spiro atoms. The minimum Gasteiger partial charge on any atom is -0.338 e. The number of likely N-dealkylation sites (N-methyl/N-ethyl adjacent to an activating group) is 1. The number of carbonyl (C=O) groups excluding carboxylic acids is 2. The van der Waals surface area contributed by atoms with Gasteiger partial charge in [0.15, 0.2) is 12.6 Å². The van der Waals surface area contributed by atoms with Crippen molar-refractivity contribution in [2.75, 3.05) is 32.0 Å². The number of nitrogens with one attached hydrogen (secondary N) is 2. The highest BCUT2D eigenvalue weighted by atomic mass is 79.9. The van der Waals surface area contributed by atoms with Crippen LogP contribution in [-0.2, 0) is 9.59 Å². The van der Waals surface area contributed by atoms with Crippen molar-refractivity contribution in [2.45, 2.75) is 32.7 Å². The van der Waals surface area contributed by atoms with Crippen molar-refractivity contribution in [2.24, 2.45) is 0 Å². The summed E-state index contributed by atoms with van der Waals surface area (Å²) < 4.78 is 0.987. The van der Waals surface area contributed by atoms with Crippen LogP contribution in [0.1, 0.15) is 25.3 Å². The van der Waals surface area contributed by atoms with E-state index < -0.39 is 0 Å². The molecular weight excluding hydrogens is 358 g/mol. The van der Waals surface area contributed by atoms with Crippen LogP contribution in [0, 0.1) is 6.92 Å². The van der Waals surface area contributed by atoms with E-state index in [4.69, 9.17) is 0 Å². The van der Waals surface area contributed by atoms with E-state index >= 15 is 0 Å². The number of likely N-dealkylation sites (tertiary alicyclic amines) is 1. The van der Waals surface area contributed by atoms with Crippen molar-refractivity contribution in [3.8, 4) is 0 Å². The lowest BCUT2D eigenvalue weighted by Crippen LogP contribution is -3.15. The molecule has 0 radical (unpaired) electrons. The molecule has 23 heavy (non-hydrogen) atoms. The molecule has 5 nitrogen and oxygen atoms in total. The molecule has 2 atom stereocenters. The monoisotopic (exact) mass is 382 g/mol. The number of anilines is 1. The van der Waals surface area contributed by atoms with Crippen LogP contribution in [0.4, 0.5) is 5.69 Å². The summed E-state index contributed by atoms with van der Waals surface area (Å²) in [6, 6.07) is 5.54. The lowest BCUT2D eigenvalue weighted by Gasteiger charge is -2.25. The van der Waals surface area contributed by atoms with Crippen LogP contribution in [0.2, 0.25) is 0 Å². The Kier molecular flexibility index (Phi) is 6.18. The number of aryl methyl sites for hydroxylation is 1. The summed E-state index contributed by atoms with van der Waals surface area (Å²) in [7, 11) is 1.90. The van der Waals surface area contributed by atoms with Gasteiger partial charge in [0.1, 0.15) is 0 Å². The van der Waals surface area contributed by atoms with Crippen LogP contribution in [-0.4, -0.2) is 49.4 Å². The molecule has 2 amide bonds. The van der Waals surface area contributed by atoms with E-state index in [1.807, 2.05) is 44.0 Å². The second-order valence-corrected chi connectivity index (χ2v) is 7.20. The zero-order valence-electron chi connectivity index (χ0n) is 14.0. The van der Waals surface area contributed by atoms with E-state index in [2.05, 4.69) is 21.2 Å². The Labute approximate surface area is 146 Å². The molecule has 1 aromatic rings. The first-order valence-electron chi connectivity index (χ1n) is 8.05. The molecule has 2 N–H and O–H groups in total. The highest BCUT2D eigenvalue weighted by Crippen LogP contribution is 2.19. The third kappa shape index (κ3) is 4.78. The van der Waals surface area contributed by atoms with Gasteiger partial charge in [-0.05, 0) is 50.5 Å². The van der Waals surface area contributed by atoms with E-state index in [0.29, 0.717) is 0 Å². The number of halogens is 1. The summed E-state index contributed by atoms with van der Waals surface area (Å²) in [5, 5.41) is 2.93. The molecule has 6 heteroatoms. The molecule has 1 unspecified atom stereocenters. The van der Waals surface area contributed by atoms with Crippen LogP contribution < -0.4 is 10.2 Å². The molecule has 1 aliphatic heterocycles.